The lowest BCUT2D eigenvalue weighted by Crippen LogP contribution is -2.33. The van der Waals surface area contributed by atoms with Gasteiger partial charge in [-0.3, -0.25) is 15.1 Å². The minimum atomic E-state index is -4.56. The van der Waals surface area contributed by atoms with Crippen LogP contribution in [-0.2, 0) is 15.7 Å². The van der Waals surface area contributed by atoms with E-state index in [1.807, 2.05) is 12.1 Å². The number of halogens is 3. The zero-order valence-electron chi connectivity index (χ0n) is 18.1. The maximum Gasteiger partial charge on any atom is 0.416 e. The molecule has 34 heavy (non-hydrogen) atoms. The molecule has 0 N–H and O–H groups in total. The number of methoxy groups -OCH3 is 1. The van der Waals surface area contributed by atoms with E-state index in [0.717, 1.165) is 31.4 Å². The zero-order valence-corrected chi connectivity index (χ0v) is 18.1. The number of esters is 1. The van der Waals surface area contributed by atoms with Crippen LogP contribution in [0.5, 0.6) is 0 Å². The highest BCUT2D eigenvalue weighted by molar-refractivity contribution is 6.13. The minimum absolute atomic E-state index is 0.171. The Morgan fingerprint density at radius 3 is 1.85 bits per heavy atom. The van der Waals surface area contributed by atoms with E-state index in [9.17, 15) is 28.1 Å². The largest absolute Gasteiger partial charge is 0.467 e. The summed E-state index contributed by atoms with van der Waals surface area (Å²) < 4.78 is 43.9. The molecule has 0 saturated heterocycles. The van der Waals surface area contributed by atoms with E-state index in [0.29, 0.717) is 16.8 Å². The number of carbonyl (C=O) groups is 1. The number of carbonyl (C=O) groups excluding carboxylic acids is 1. The highest BCUT2D eigenvalue weighted by Gasteiger charge is 2.36. The number of benzene rings is 3. The van der Waals surface area contributed by atoms with Gasteiger partial charge in [0.15, 0.2) is 6.04 Å². The molecule has 0 aliphatic carbocycles. The van der Waals surface area contributed by atoms with E-state index < -0.39 is 41.1 Å². The van der Waals surface area contributed by atoms with Gasteiger partial charge in [0.1, 0.15) is 0 Å². The summed E-state index contributed by atoms with van der Waals surface area (Å²) in [6, 6.07) is 20.4. The molecule has 0 spiro atoms. The maximum absolute atomic E-state index is 13.0. The van der Waals surface area contributed by atoms with Crippen molar-refractivity contribution < 1.29 is 27.6 Å². The molecule has 0 radical (unpaired) electrons. The number of hydrogen-bond donors (Lipinski definition) is 0. The van der Waals surface area contributed by atoms with Crippen LogP contribution in [-0.4, -0.2) is 36.3 Å². The number of aliphatic imine (C=N–C) groups is 1. The van der Waals surface area contributed by atoms with Gasteiger partial charge < -0.3 is 4.74 Å². The number of rotatable bonds is 8. The molecule has 0 bridgehead atoms. The first-order valence-electron chi connectivity index (χ1n) is 10.3. The van der Waals surface area contributed by atoms with Crippen molar-refractivity contribution in [3.8, 4) is 0 Å². The second-order valence-electron chi connectivity index (χ2n) is 7.42. The summed E-state index contributed by atoms with van der Waals surface area (Å²) in [5, 5.41) is 11.5. The summed E-state index contributed by atoms with van der Waals surface area (Å²) >= 11 is 0. The Hall–Kier alpha value is -4.01. The molecule has 0 saturated carbocycles. The van der Waals surface area contributed by atoms with Crippen LogP contribution in [0.3, 0.4) is 0 Å². The van der Waals surface area contributed by atoms with Crippen LogP contribution in [0.15, 0.2) is 89.9 Å². The van der Waals surface area contributed by atoms with Crippen molar-refractivity contribution in [3.05, 3.63) is 117 Å². The summed E-state index contributed by atoms with van der Waals surface area (Å²) in [5.41, 5.74) is 0.995. The molecule has 0 aliphatic heterocycles. The number of nitrogens with zero attached hydrogens (tertiary/aromatic N) is 2. The number of hydrogen-bond acceptors (Lipinski definition) is 5. The van der Waals surface area contributed by atoms with Crippen molar-refractivity contribution in [3.63, 3.8) is 0 Å². The Bertz CT molecular complexity index is 1110. The average Bonchev–Trinajstić information content (AvgIpc) is 2.83. The topological polar surface area (TPSA) is 81.8 Å². The average molecular weight is 470 g/mol. The van der Waals surface area contributed by atoms with Crippen molar-refractivity contribution >= 4 is 11.7 Å². The molecular weight excluding hydrogens is 449 g/mol. The molecule has 0 aliphatic rings. The molecule has 6 nitrogen and oxygen atoms in total. The van der Waals surface area contributed by atoms with Crippen molar-refractivity contribution in [2.75, 3.05) is 13.7 Å². The van der Waals surface area contributed by atoms with E-state index in [1.165, 1.54) is 0 Å². The van der Waals surface area contributed by atoms with Crippen LogP contribution in [0.4, 0.5) is 13.2 Å². The molecule has 3 aromatic rings. The lowest BCUT2D eigenvalue weighted by Gasteiger charge is -2.22. The van der Waals surface area contributed by atoms with Gasteiger partial charge in [0, 0.05) is 16.1 Å². The molecule has 0 aromatic heterocycles. The molecule has 3 rings (SSSR count). The van der Waals surface area contributed by atoms with E-state index in [-0.39, 0.29) is 5.56 Å². The second-order valence-corrected chi connectivity index (χ2v) is 7.42. The van der Waals surface area contributed by atoms with Gasteiger partial charge in [-0.05, 0) is 17.7 Å². The van der Waals surface area contributed by atoms with Crippen LogP contribution in [0.2, 0.25) is 0 Å². The predicted molar refractivity (Wildman–Crippen MR) is 120 cm³/mol. The maximum atomic E-state index is 13.0. The van der Waals surface area contributed by atoms with Crippen LogP contribution in [0, 0.1) is 10.1 Å². The third-order valence-electron chi connectivity index (χ3n) is 5.20. The molecule has 0 fully saturated rings. The van der Waals surface area contributed by atoms with Crippen molar-refractivity contribution in [1.29, 1.82) is 0 Å². The van der Waals surface area contributed by atoms with Gasteiger partial charge >= 0.3 is 12.1 Å². The Balaban J connectivity index is 2.16. The SMILES string of the molecule is COC(=O)[C@@H](N=C(c1ccccc1)c1ccccc1)[C@H](C[N+](=O)[O-])c1ccc(C(F)(F)F)cc1. The first kappa shape index (κ1) is 24.6. The molecular formula is C25H21F3N2O4. The smallest absolute Gasteiger partial charge is 0.416 e. The predicted octanol–water partition coefficient (Wildman–Crippen LogP) is 5.14. The van der Waals surface area contributed by atoms with E-state index >= 15 is 0 Å². The van der Waals surface area contributed by atoms with Crippen LogP contribution in [0.25, 0.3) is 0 Å². The lowest BCUT2D eigenvalue weighted by atomic mass is 9.90. The van der Waals surface area contributed by atoms with Crippen LogP contribution < -0.4 is 0 Å². The van der Waals surface area contributed by atoms with Gasteiger partial charge in [-0.1, -0.05) is 72.8 Å². The van der Waals surface area contributed by atoms with Crippen molar-refractivity contribution in [1.82, 2.24) is 0 Å². The first-order valence-corrected chi connectivity index (χ1v) is 10.3. The number of alkyl halides is 3. The van der Waals surface area contributed by atoms with E-state index in [4.69, 9.17) is 4.74 Å². The summed E-state index contributed by atoms with van der Waals surface area (Å²) in [6.07, 6.45) is -4.56. The Morgan fingerprint density at radius 1 is 0.941 bits per heavy atom. The van der Waals surface area contributed by atoms with Gasteiger partial charge in [-0.15, -0.1) is 0 Å². The quantitative estimate of drug-likeness (QED) is 0.197. The van der Waals surface area contributed by atoms with Crippen molar-refractivity contribution in [2.24, 2.45) is 4.99 Å². The van der Waals surface area contributed by atoms with Gasteiger partial charge in [-0.25, -0.2) is 4.79 Å². The third-order valence-corrected chi connectivity index (χ3v) is 5.20. The summed E-state index contributed by atoms with van der Waals surface area (Å²) in [6.45, 7) is -0.731. The molecule has 0 amide bonds. The molecule has 2 atom stereocenters. The number of ether oxygens (including phenoxy) is 1. The monoisotopic (exact) mass is 470 g/mol. The highest BCUT2D eigenvalue weighted by atomic mass is 19.4. The van der Waals surface area contributed by atoms with Crippen LogP contribution >= 0.6 is 0 Å². The fraction of sp³-hybridized carbons (Fsp3) is 0.200. The van der Waals surface area contributed by atoms with Gasteiger partial charge in [0.25, 0.3) is 0 Å². The zero-order chi connectivity index (χ0) is 24.7. The normalized spacial score (nSPS) is 12.9. The molecule has 3 aromatic carbocycles. The summed E-state index contributed by atoms with van der Waals surface area (Å²) in [4.78, 5) is 28.3. The standard InChI is InChI=1S/C25H21F3N2O4/c1-34-24(31)23(21(16-30(32)33)17-12-14-20(15-13-17)25(26,27)28)29-22(18-8-4-2-5-9-18)19-10-6-3-7-11-19/h2-15,21,23H,16H2,1H3/t21-,23+/m1/s1. The van der Waals surface area contributed by atoms with Crippen LogP contribution in [0.1, 0.15) is 28.2 Å². The fourth-order valence-corrected chi connectivity index (χ4v) is 3.54. The molecule has 9 heteroatoms. The van der Waals surface area contributed by atoms with E-state index in [2.05, 4.69) is 4.99 Å². The van der Waals surface area contributed by atoms with Crippen molar-refractivity contribution in [2.45, 2.75) is 18.1 Å². The Kier molecular flexibility index (Phi) is 7.78. The molecule has 176 valence electrons. The first-order chi connectivity index (χ1) is 16.2. The summed E-state index contributed by atoms with van der Waals surface area (Å²) in [7, 11) is 1.13. The van der Waals surface area contributed by atoms with Gasteiger partial charge in [-0.2, -0.15) is 13.2 Å². The molecule has 0 unspecified atom stereocenters. The summed E-state index contributed by atoms with van der Waals surface area (Å²) in [5.74, 6) is -2.00. The highest BCUT2D eigenvalue weighted by Crippen LogP contribution is 2.32. The Morgan fingerprint density at radius 2 is 1.44 bits per heavy atom. The fourth-order valence-electron chi connectivity index (χ4n) is 3.54. The lowest BCUT2D eigenvalue weighted by molar-refractivity contribution is -0.483. The minimum Gasteiger partial charge on any atom is -0.467 e. The van der Waals surface area contributed by atoms with Gasteiger partial charge in [0.2, 0.25) is 6.54 Å². The Labute approximate surface area is 193 Å². The molecule has 0 heterocycles. The number of nitro groups is 1. The van der Waals surface area contributed by atoms with Gasteiger partial charge in [0.05, 0.1) is 24.3 Å². The second kappa shape index (κ2) is 10.7. The van der Waals surface area contributed by atoms with E-state index in [1.54, 1.807) is 48.5 Å². The third kappa shape index (κ3) is 6.06.